The number of hydrogen-bond acceptors (Lipinski definition) is 3. The van der Waals surface area contributed by atoms with E-state index < -0.39 is 5.92 Å². The normalized spacial score (nSPS) is 18.5. The molecule has 0 radical (unpaired) electrons. The van der Waals surface area contributed by atoms with Crippen molar-refractivity contribution in [3.8, 4) is 17.9 Å². The Morgan fingerprint density at radius 1 is 1.27 bits per heavy atom. The molecular weight excluding hydrogens is 188 g/mol. The van der Waals surface area contributed by atoms with Gasteiger partial charge >= 0.3 is 0 Å². The van der Waals surface area contributed by atoms with Crippen LogP contribution in [0.5, 0.6) is 5.75 Å². The molecule has 3 nitrogen and oxygen atoms in total. The zero-order valence-electron chi connectivity index (χ0n) is 8.18. The van der Waals surface area contributed by atoms with E-state index in [1.807, 2.05) is 36.4 Å². The van der Waals surface area contributed by atoms with Crippen molar-refractivity contribution >= 4 is 0 Å². The second-order valence-electron chi connectivity index (χ2n) is 3.52. The van der Waals surface area contributed by atoms with Crippen LogP contribution in [0, 0.1) is 28.6 Å². The lowest BCUT2D eigenvalue weighted by atomic mass is 9.83. The maximum atomic E-state index is 8.89. The molecule has 0 fully saturated rings. The number of ether oxygens (including phenoxy) is 1. The minimum absolute atomic E-state index is 0.00931. The van der Waals surface area contributed by atoms with E-state index in [2.05, 4.69) is 0 Å². The van der Waals surface area contributed by atoms with Crippen LogP contribution in [0.2, 0.25) is 0 Å². The van der Waals surface area contributed by atoms with Crippen molar-refractivity contribution < 1.29 is 4.74 Å². The first-order valence-corrected chi connectivity index (χ1v) is 4.87. The van der Waals surface area contributed by atoms with Crippen LogP contribution in [0.4, 0.5) is 0 Å². The molecule has 1 aromatic rings. The predicted octanol–water partition coefficient (Wildman–Crippen LogP) is 2.22. The Morgan fingerprint density at radius 3 is 2.73 bits per heavy atom. The molecule has 15 heavy (non-hydrogen) atoms. The molecule has 0 spiro atoms. The summed E-state index contributed by atoms with van der Waals surface area (Å²) in [6, 6.07) is 11.7. The molecule has 0 saturated heterocycles. The summed E-state index contributed by atoms with van der Waals surface area (Å²) < 4.78 is 5.47. The van der Waals surface area contributed by atoms with Gasteiger partial charge in [0, 0.05) is 5.92 Å². The van der Waals surface area contributed by atoms with E-state index in [-0.39, 0.29) is 5.92 Å². The summed E-state index contributed by atoms with van der Waals surface area (Å²) in [5, 5.41) is 17.8. The van der Waals surface area contributed by atoms with Crippen molar-refractivity contribution in [2.75, 3.05) is 6.61 Å². The molecule has 1 aromatic carbocycles. The molecule has 0 aromatic heterocycles. The van der Waals surface area contributed by atoms with Crippen LogP contribution in [-0.4, -0.2) is 6.61 Å². The quantitative estimate of drug-likeness (QED) is 0.695. The fourth-order valence-electron chi connectivity index (χ4n) is 1.92. The Kier molecular flexibility index (Phi) is 2.56. The molecule has 1 atom stereocenters. The fourth-order valence-corrected chi connectivity index (χ4v) is 1.92. The molecule has 2 rings (SSSR count). The summed E-state index contributed by atoms with van der Waals surface area (Å²) in [4.78, 5) is 0. The van der Waals surface area contributed by atoms with E-state index in [1.165, 1.54) is 0 Å². The maximum absolute atomic E-state index is 8.89. The van der Waals surface area contributed by atoms with Gasteiger partial charge in [0.1, 0.15) is 11.7 Å². The van der Waals surface area contributed by atoms with Crippen molar-refractivity contribution in [2.45, 2.75) is 12.3 Å². The van der Waals surface area contributed by atoms with Gasteiger partial charge in [-0.25, -0.2) is 0 Å². The van der Waals surface area contributed by atoms with Gasteiger partial charge in [-0.3, -0.25) is 0 Å². The highest BCUT2D eigenvalue weighted by atomic mass is 16.5. The fraction of sp³-hybridized carbons (Fsp3) is 0.333. The van der Waals surface area contributed by atoms with Gasteiger partial charge in [-0.05, 0) is 18.1 Å². The standard InChI is InChI=1S/C12H10N2O/c13-7-9(8-14)10-5-6-15-12-4-2-1-3-11(10)12/h1-4,9-10H,5-6H2. The zero-order valence-corrected chi connectivity index (χ0v) is 8.18. The number of benzene rings is 1. The molecule has 0 amide bonds. The van der Waals surface area contributed by atoms with Crippen LogP contribution in [-0.2, 0) is 0 Å². The van der Waals surface area contributed by atoms with Gasteiger partial charge in [-0.2, -0.15) is 10.5 Å². The number of fused-ring (bicyclic) bond motifs is 1. The highest BCUT2D eigenvalue weighted by Gasteiger charge is 2.28. The first-order chi connectivity index (χ1) is 7.36. The molecule has 0 N–H and O–H groups in total. The Balaban J connectivity index is 2.39. The largest absolute Gasteiger partial charge is 0.493 e. The Labute approximate surface area is 88.5 Å². The van der Waals surface area contributed by atoms with Gasteiger partial charge in [0.25, 0.3) is 0 Å². The lowest BCUT2D eigenvalue weighted by Gasteiger charge is -2.26. The number of hydrogen-bond donors (Lipinski definition) is 0. The third kappa shape index (κ3) is 1.65. The number of nitriles is 2. The topological polar surface area (TPSA) is 56.8 Å². The highest BCUT2D eigenvalue weighted by Crippen LogP contribution is 2.37. The maximum Gasteiger partial charge on any atom is 0.140 e. The van der Waals surface area contributed by atoms with Gasteiger partial charge in [0.05, 0.1) is 18.7 Å². The first-order valence-electron chi connectivity index (χ1n) is 4.87. The van der Waals surface area contributed by atoms with Gasteiger partial charge in [-0.1, -0.05) is 18.2 Å². The Hall–Kier alpha value is -2.00. The van der Waals surface area contributed by atoms with E-state index in [9.17, 15) is 0 Å². The SMILES string of the molecule is N#CC(C#N)C1CCOc2ccccc21. The molecule has 0 bridgehead atoms. The summed E-state index contributed by atoms with van der Waals surface area (Å²) in [6.07, 6.45) is 0.739. The number of nitrogens with zero attached hydrogens (tertiary/aromatic N) is 2. The summed E-state index contributed by atoms with van der Waals surface area (Å²) in [6.45, 7) is 0.585. The van der Waals surface area contributed by atoms with Crippen LogP contribution in [0.3, 0.4) is 0 Å². The minimum atomic E-state index is -0.574. The van der Waals surface area contributed by atoms with Crippen LogP contribution in [0.1, 0.15) is 17.9 Å². The van der Waals surface area contributed by atoms with Crippen molar-refractivity contribution in [3.05, 3.63) is 29.8 Å². The summed E-state index contributed by atoms with van der Waals surface area (Å²) in [5.74, 6) is 0.226. The molecule has 1 heterocycles. The van der Waals surface area contributed by atoms with Crippen molar-refractivity contribution in [2.24, 2.45) is 5.92 Å². The van der Waals surface area contributed by atoms with Crippen LogP contribution < -0.4 is 4.74 Å². The van der Waals surface area contributed by atoms with E-state index in [1.54, 1.807) is 0 Å². The highest BCUT2D eigenvalue weighted by molar-refractivity contribution is 5.39. The summed E-state index contributed by atoms with van der Waals surface area (Å²) in [7, 11) is 0. The monoisotopic (exact) mass is 198 g/mol. The molecule has 1 unspecified atom stereocenters. The smallest absolute Gasteiger partial charge is 0.140 e. The van der Waals surface area contributed by atoms with Gasteiger partial charge < -0.3 is 4.74 Å². The van der Waals surface area contributed by atoms with Gasteiger partial charge in [0.2, 0.25) is 0 Å². The second kappa shape index (κ2) is 4.02. The minimum Gasteiger partial charge on any atom is -0.493 e. The molecule has 1 aliphatic heterocycles. The van der Waals surface area contributed by atoms with Gasteiger partial charge in [-0.15, -0.1) is 0 Å². The second-order valence-corrected chi connectivity index (χ2v) is 3.52. The Morgan fingerprint density at radius 2 is 2.00 bits per heavy atom. The molecule has 0 saturated carbocycles. The van der Waals surface area contributed by atoms with E-state index in [0.717, 1.165) is 17.7 Å². The van der Waals surface area contributed by atoms with Crippen LogP contribution >= 0.6 is 0 Å². The predicted molar refractivity (Wildman–Crippen MR) is 54.0 cm³/mol. The first kappa shape index (κ1) is 9.55. The molecular formula is C12H10N2O. The Bertz CT molecular complexity index is 428. The average molecular weight is 198 g/mol. The molecule has 0 aliphatic carbocycles. The third-order valence-corrected chi connectivity index (χ3v) is 2.69. The van der Waals surface area contributed by atoms with Crippen LogP contribution in [0.25, 0.3) is 0 Å². The lowest BCUT2D eigenvalue weighted by molar-refractivity contribution is 0.260. The average Bonchev–Trinajstić information content (AvgIpc) is 2.31. The van der Waals surface area contributed by atoms with Crippen molar-refractivity contribution in [1.82, 2.24) is 0 Å². The van der Waals surface area contributed by atoms with Crippen molar-refractivity contribution in [1.29, 1.82) is 10.5 Å². The summed E-state index contributed by atoms with van der Waals surface area (Å²) >= 11 is 0. The van der Waals surface area contributed by atoms with E-state index in [0.29, 0.717) is 6.61 Å². The lowest BCUT2D eigenvalue weighted by Crippen LogP contribution is -2.19. The molecule has 74 valence electrons. The number of rotatable bonds is 1. The van der Waals surface area contributed by atoms with E-state index in [4.69, 9.17) is 15.3 Å². The summed E-state index contributed by atoms with van der Waals surface area (Å²) in [5.41, 5.74) is 0.983. The molecule has 3 heteroatoms. The zero-order chi connectivity index (χ0) is 10.7. The van der Waals surface area contributed by atoms with Crippen LogP contribution in [0.15, 0.2) is 24.3 Å². The van der Waals surface area contributed by atoms with E-state index >= 15 is 0 Å². The molecule has 1 aliphatic rings. The van der Waals surface area contributed by atoms with Crippen molar-refractivity contribution in [3.63, 3.8) is 0 Å². The van der Waals surface area contributed by atoms with Gasteiger partial charge in [0.15, 0.2) is 0 Å². The number of para-hydroxylation sites is 1. The third-order valence-electron chi connectivity index (χ3n) is 2.69.